The van der Waals surface area contributed by atoms with Gasteiger partial charge < -0.3 is 34.8 Å². The second-order valence-corrected chi connectivity index (χ2v) is 15.8. The fourth-order valence-corrected chi connectivity index (χ4v) is 8.15. The molecule has 2 bridgehead atoms. The number of nitrogens with one attached hydrogen (secondary N) is 1. The van der Waals surface area contributed by atoms with Crippen LogP contribution in [-0.2, 0) is 43.9 Å². The first kappa shape index (κ1) is 31.0. The molecule has 2 unspecified atom stereocenters. The normalized spacial score (nSPS) is 37.7. The largest absolute Gasteiger partial charge is 0.387 e. The molecular formula is C20H23N9O12P2S2. The van der Waals surface area contributed by atoms with Crippen LogP contribution in [0.5, 0.6) is 0 Å². The van der Waals surface area contributed by atoms with E-state index in [4.69, 9.17) is 45.1 Å². The summed E-state index contributed by atoms with van der Waals surface area (Å²) in [5.41, 5.74) is 4.15. The maximum Gasteiger partial charge on any atom is 0.386 e. The molecule has 0 aromatic carbocycles. The van der Waals surface area contributed by atoms with Crippen LogP contribution in [0.3, 0.4) is 0 Å². The Balaban J connectivity index is 1.21. The lowest BCUT2D eigenvalue weighted by molar-refractivity contribution is -0.0615. The highest BCUT2D eigenvalue weighted by atomic mass is 32.7. The highest BCUT2D eigenvalue weighted by Gasteiger charge is 2.53. The number of aliphatic hydroxyl groups is 2. The van der Waals surface area contributed by atoms with E-state index in [1.165, 1.54) is 27.8 Å². The summed E-state index contributed by atoms with van der Waals surface area (Å²) in [7, 11) is 0. The molecule has 0 saturated carbocycles. The van der Waals surface area contributed by atoms with Crippen molar-refractivity contribution in [2.24, 2.45) is 0 Å². The summed E-state index contributed by atoms with van der Waals surface area (Å²) in [5, 5.41) is 26.4. The number of nitrogens with zero attached hydrogens (tertiary/aromatic N) is 7. The summed E-state index contributed by atoms with van der Waals surface area (Å²) < 4.78 is 50.8. The monoisotopic (exact) mass is 707 g/mol. The molecule has 3 aliphatic rings. The maximum atomic E-state index is 13.4. The van der Waals surface area contributed by atoms with Crippen molar-refractivity contribution in [1.82, 2.24) is 38.7 Å². The Bertz CT molecular complexity index is 2000. The van der Waals surface area contributed by atoms with Crippen molar-refractivity contribution in [2.45, 2.75) is 49.1 Å². The molecule has 0 spiro atoms. The van der Waals surface area contributed by atoms with Crippen LogP contribution in [0.2, 0.25) is 0 Å². The fraction of sp³-hybridized carbons (Fsp3) is 0.500. The molecule has 21 nitrogen and oxygen atoms in total. The van der Waals surface area contributed by atoms with E-state index in [1.807, 2.05) is 0 Å². The number of hydrogen-bond acceptors (Lipinski definition) is 17. The molecular weight excluding hydrogens is 684 g/mol. The summed E-state index contributed by atoms with van der Waals surface area (Å²) in [6, 6.07) is 0. The summed E-state index contributed by atoms with van der Waals surface area (Å²) in [6.45, 7) is -9.87. The number of nitrogens with two attached hydrogens (primary N) is 1. The molecule has 4 aromatic heterocycles. The van der Waals surface area contributed by atoms with Crippen molar-refractivity contribution in [3.8, 4) is 0 Å². The zero-order valence-corrected chi connectivity index (χ0v) is 25.8. The highest BCUT2D eigenvalue weighted by molar-refractivity contribution is 8.44. The van der Waals surface area contributed by atoms with E-state index in [1.54, 1.807) is 0 Å². The molecule has 242 valence electrons. The number of aliphatic hydroxyl groups excluding tert-OH is 2. The van der Waals surface area contributed by atoms with E-state index < -0.39 is 86.9 Å². The van der Waals surface area contributed by atoms with Gasteiger partial charge in [-0.2, -0.15) is 10.1 Å². The van der Waals surface area contributed by atoms with Crippen LogP contribution in [0.1, 0.15) is 12.5 Å². The first-order chi connectivity index (χ1) is 21.3. The van der Waals surface area contributed by atoms with Gasteiger partial charge in [-0.3, -0.25) is 37.3 Å². The van der Waals surface area contributed by atoms with Gasteiger partial charge in [-0.15, -0.1) is 0 Å². The van der Waals surface area contributed by atoms with E-state index in [0.717, 1.165) is 10.9 Å². The van der Waals surface area contributed by atoms with Crippen LogP contribution in [0.4, 0.5) is 5.95 Å². The molecule has 7 heterocycles. The van der Waals surface area contributed by atoms with Crippen molar-refractivity contribution < 1.29 is 47.2 Å². The number of fused-ring (bicyclic) bond motifs is 5. The minimum absolute atomic E-state index is 0.0389. The molecule has 3 aliphatic heterocycles. The van der Waals surface area contributed by atoms with Crippen LogP contribution in [-0.4, -0.2) is 104 Å². The second kappa shape index (κ2) is 11.3. The molecule has 6 N–H and O–H groups in total. The Hall–Kier alpha value is -2.63. The average molecular weight is 708 g/mol. The lowest BCUT2D eigenvalue weighted by Crippen LogP contribution is -2.38. The number of rotatable bonds is 2. The minimum Gasteiger partial charge on any atom is -0.387 e. The standard InChI is InChI=1S/C20H23N9O12P2S2/c21-20-25-14-9(16(32)26-20)23-5-27(14)18-11(31)12-8(39-18)4-37-43(35,45)41-13-10(30)7(3-36-42(34,44)40-12)38-19(13)28-6-24-29-2-1-22-15(29)17(28)33/h1-2,5-8,10-13,18-19,30-31H,3-4H2,(H,34,44)(H,35,45)(H3,21,25,26,32)/t7-,8-,10-,11-,12-,13-,18-,19-,42?,43?/m1/s1. The Kier molecular flexibility index (Phi) is 7.76. The summed E-state index contributed by atoms with van der Waals surface area (Å²) >= 11 is 9.23. The van der Waals surface area contributed by atoms with Gasteiger partial charge in [0.05, 0.1) is 19.5 Å². The van der Waals surface area contributed by atoms with Crippen molar-refractivity contribution in [3.63, 3.8) is 0 Å². The van der Waals surface area contributed by atoms with Gasteiger partial charge in [-0.25, -0.2) is 19.0 Å². The first-order valence-corrected chi connectivity index (χ1v) is 18.2. The van der Waals surface area contributed by atoms with Crippen molar-refractivity contribution in [1.29, 1.82) is 0 Å². The van der Waals surface area contributed by atoms with Crippen LogP contribution in [0, 0.1) is 0 Å². The van der Waals surface area contributed by atoms with Gasteiger partial charge in [0.1, 0.15) is 43.0 Å². The predicted molar refractivity (Wildman–Crippen MR) is 154 cm³/mol. The van der Waals surface area contributed by atoms with Crippen molar-refractivity contribution >= 4 is 60.3 Å². The average Bonchev–Trinajstić information content (AvgIpc) is 3.74. The second-order valence-electron chi connectivity index (χ2n) is 10.1. The van der Waals surface area contributed by atoms with E-state index in [9.17, 15) is 29.3 Å². The van der Waals surface area contributed by atoms with Gasteiger partial charge >= 0.3 is 13.5 Å². The number of nitrogen functional groups attached to an aromatic ring is 1. The van der Waals surface area contributed by atoms with Gasteiger partial charge in [0.2, 0.25) is 11.6 Å². The van der Waals surface area contributed by atoms with E-state index in [2.05, 4.69) is 37.3 Å². The van der Waals surface area contributed by atoms with Gasteiger partial charge in [-0.1, -0.05) is 12.2 Å². The van der Waals surface area contributed by atoms with Crippen LogP contribution >= 0.6 is 25.8 Å². The van der Waals surface area contributed by atoms with Gasteiger partial charge in [0, 0.05) is 12.4 Å². The zero-order valence-electron chi connectivity index (χ0n) is 22.3. The van der Waals surface area contributed by atoms with Crippen LogP contribution in [0.25, 0.3) is 16.8 Å². The number of hydrogen-bond donors (Lipinski definition) is 6. The molecule has 7 rings (SSSR count). The lowest BCUT2D eigenvalue weighted by Gasteiger charge is -2.27. The number of aromatic amines is 1. The topological polar surface area (TPSA) is 275 Å². The molecule has 0 amide bonds. The Labute approximate surface area is 259 Å². The molecule has 10 atom stereocenters. The summed E-state index contributed by atoms with van der Waals surface area (Å²) in [6.07, 6.45) is -6.52. The number of imidazole rings is 2. The SMILES string of the molecule is Nc1nc2c(ncn2[C@@H]2O[C@@H]3COP(O)(=S)O[C@@H]4[C@H](O)[C@@H](COP(=O)(S)O[C@H]3[C@H]2O)O[C@H]4n2cnn3ccnc3c2=O)c(=O)[nH]1. The smallest absolute Gasteiger partial charge is 0.386 e. The number of ether oxygens (including phenoxy) is 2. The molecule has 0 radical (unpaired) electrons. The van der Waals surface area contributed by atoms with Gasteiger partial charge in [0.25, 0.3) is 11.1 Å². The number of anilines is 1. The lowest BCUT2D eigenvalue weighted by atomic mass is 10.1. The summed E-state index contributed by atoms with van der Waals surface area (Å²) in [4.78, 5) is 50.7. The van der Waals surface area contributed by atoms with E-state index in [-0.39, 0.29) is 22.8 Å². The Morgan fingerprint density at radius 2 is 1.76 bits per heavy atom. The van der Waals surface area contributed by atoms with E-state index in [0.29, 0.717) is 0 Å². The van der Waals surface area contributed by atoms with Crippen LogP contribution in [0.15, 0.2) is 34.6 Å². The number of aromatic nitrogens is 8. The molecule has 4 aromatic rings. The molecule has 3 fully saturated rings. The van der Waals surface area contributed by atoms with Crippen molar-refractivity contribution in [3.05, 3.63) is 45.8 Å². The third-order valence-electron chi connectivity index (χ3n) is 7.28. The Morgan fingerprint density at radius 1 is 1.00 bits per heavy atom. The van der Waals surface area contributed by atoms with Crippen molar-refractivity contribution in [2.75, 3.05) is 18.9 Å². The molecule has 0 aliphatic carbocycles. The third-order valence-corrected chi connectivity index (χ3v) is 10.5. The fourth-order valence-electron chi connectivity index (χ4n) is 5.24. The number of H-pyrrole nitrogens is 1. The van der Waals surface area contributed by atoms with E-state index >= 15 is 0 Å². The van der Waals surface area contributed by atoms with Gasteiger partial charge in [0.15, 0.2) is 23.6 Å². The maximum absolute atomic E-state index is 13.4. The van der Waals surface area contributed by atoms with Crippen LogP contribution < -0.4 is 16.9 Å². The first-order valence-electron chi connectivity index (χ1n) is 12.9. The van der Waals surface area contributed by atoms with Gasteiger partial charge in [-0.05, 0) is 11.8 Å². The number of thiol groups is 1. The third kappa shape index (κ3) is 5.56. The molecule has 3 saturated heterocycles. The highest BCUT2D eigenvalue weighted by Crippen LogP contribution is 2.58. The molecule has 45 heavy (non-hydrogen) atoms. The summed E-state index contributed by atoms with van der Waals surface area (Å²) in [5.74, 6) is -0.227. The predicted octanol–water partition coefficient (Wildman–Crippen LogP) is -1.81. The zero-order chi connectivity index (χ0) is 31.8. The molecule has 25 heteroatoms. The minimum atomic E-state index is -4.37. The Morgan fingerprint density at radius 3 is 2.56 bits per heavy atom. The quantitative estimate of drug-likeness (QED) is 0.0990.